The number of hydrogen-bond acceptors (Lipinski definition) is 3. The summed E-state index contributed by atoms with van der Waals surface area (Å²) in [6.07, 6.45) is 1.64. The number of rotatable bonds is 2. The highest BCUT2D eigenvalue weighted by Gasteiger charge is 2.13. The Labute approximate surface area is 100 Å². The van der Waals surface area contributed by atoms with Crippen LogP contribution < -0.4 is 0 Å². The van der Waals surface area contributed by atoms with Crippen LogP contribution in [-0.2, 0) is 0 Å². The monoisotopic (exact) mass is 281 g/mol. The highest BCUT2D eigenvalue weighted by atomic mass is 79.9. The summed E-state index contributed by atoms with van der Waals surface area (Å²) in [5.41, 5.74) is 1.77. The molecule has 0 saturated carbocycles. The van der Waals surface area contributed by atoms with E-state index in [0.717, 1.165) is 10.0 Å². The zero-order valence-corrected chi connectivity index (χ0v) is 10.4. The van der Waals surface area contributed by atoms with E-state index in [1.165, 1.54) is 11.5 Å². The summed E-state index contributed by atoms with van der Waals surface area (Å²) in [4.78, 5) is 12.7. The van der Waals surface area contributed by atoms with E-state index in [0.29, 0.717) is 10.4 Å². The van der Waals surface area contributed by atoms with Gasteiger partial charge in [0.25, 0.3) is 0 Å². The minimum absolute atomic E-state index is 0.0214. The lowest BCUT2D eigenvalue weighted by Crippen LogP contribution is -2.00. The zero-order chi connectivity index (χ0) is 10.8. The second kappa shape index (κ2) is 4.24. The molecule has 0 fully saturated rings. The molecule has 76 valence electrons. The number of aromatic nitrogens is 1. The molecule has 4 heteroatoms. The van der Waals surface area contributed by atoms with E-state index < -0.39 is 0 Å². The number of carbonyl (C=O) groups is 1. The van der Waals surface area contributed by atoms with Gasteiger partial charge in [0.2, 0.25) is 5.78 Å². The molecule has 1 heterocycles. The molecule has 0 atom stereocenters. The summed E-state index contributed by atoms with van der Waals surface area (Å²) in [6, 6.07) is 7.48. The number of aryl methyl sites for hydroxylation is 1. The van der Waals surface area contributed by atoms with Gasteiger partial charge < -0.3 is 0 Å². The molecule has 0 aliphatic heterocycles. The van der Waals surface area contributed by atoms with Crippen molar-refractivity contribution in [3.63, 3.8) is 0 Å². The summed E-state index contributed by atoms with van der Waals surface area (Å²) >= 11 is 4.60. The average Bonchev–Trinajstić information content (AvgIpc) is 2.74. The van der Waals surface area contributed by atoms with Gasteiger partial charge in [0.05, 0.1) is 4.88 Å². The van der Waals surface area contributed by atoms with Crippen LogP contribution in [-0.4, -0.2) is 10.2 Å². The molecule has 0 saturated heterocycles. The van der Waals surface area contributed by atoms with Gasteiger partial charge in [-0.15, -0.1) is 0 Å². The highest BCUT2D eigenvalue weighted by Crippen LogP contribution is 2.22. The lowest BCUT2D eigenvalue weighted by atomic mass is 10.1. The van der Waals surface area contributed by atoms with Crippen molar-refractivity contribution < 1.29 is 4.79 Å². The van der Waals surface area contributed by atoms with Crippen molar-refractivity contribution in [3.8, 4) is 0 Å². The van der Waals surface area contributed by atoms with Crippen molar-refractivity contribution in [2.45, 2.75) is 6.92 Å². The molecule has 0 unspecified atom stereocenters. The van der Waals surface area contributed by atoms with Crippen LogP contribution >= 0.6 is 27.5 Å². The van der Waals surface area contributed by atoms with Crippen molar-refractivity contribution in [2.24, 2.45) is 0 Å². The second-order valence-electron chi connectivity index (χ2n) is 3.19. The van der Waals surface area contributed by atoms with Crippen molar-refractivity contribution in [1.82, 2.24) is 4.37 Å². The Morgan fingerprint density at radius 2 is 2.20 bits per heavy atom. The van der Waals surface area contributed by atoms with E-state index in [2.05, 4.69) is 20.3 Å². The third kappa shape index (κ3) is 2.16. The van der Waals surface area contributed by atoms with E-state index >= 15 is 0 Å². The Morgan fingerprint density at radius 3 is 2.87 bits per heavy atom. The molecule has 2 aromatic rings. The molecule has 0 amide bonds. The van der Waals surface area contributed by atoms with E-state index in [4.69, 9.17) is 0 Å². The lowest BCUT2D eigenvalue weighted by molar-refractivity contribution is 0.104. The molecule has 2 rings (SSSR count). The maximum Gasteiger partial charge on any atom is 0.205 e. The summed E-state index contributed by atoms with van der Waals surface area (Å²) in [5, 5.41) is 0. The van der Waals surface area contributed by atoms with E-state index in [-0.39, 0.29) is 5.78 Å². The van der Waals surface area contributed by atoms with Crippen LogP contribution in [0.25, 0.3) is 0 Å². The van der Waals surface area contributed by atoms with Gasteiger partial charge in [0.1, 0.15) is 0 Å². The topological polar surface area (TPSA) is 30.0 Å². The SMILES string of the molecule is Cc1ccc(Br)c(C(=O)c2ccns2)c1. The van der Waals surface area contributed by atoms with E-state index in [1.54, 1.807) is 12.3 Å². The molecular formula is C11H8BrNOS. The van der Waals surface area contributed by atoms with Crippen LogP contribution in [0.2, 0.25) is 0 Å². The number of carbonyl (C=O) groups excluding carboxylic acids is 1. The molecule has 0 spiro atoms. The number of benzene rings is 1. The van der Waals surface area contributed by atoms with Gasteiger partial charge in [-0.25, -0.2) is 4.37 Å². The van der Waals surface area contributed by atoms with Gasteiger partial charge in [-0.2, -0.15) is 0 Å². The van der Waals surface area contributed by atoms with Crippen LogP contribution in [0.1, 0.15) is 20.8 Å². The van der Waals surface area contributed by atoms with Gasteiger partial charge in [-0.05, 0) is 36.7 Å². The van der Waals surface area contributed by atoms with Gasteiger partial charge in [-0.3, -0.25) is 4.79 Å². The minimum Gasteiger partial charge on any atom is -0.288 e. The molecule has 1 aromatic heterocycles. The summed E-state index contributed by atoms with van der Waals surface area (Å²) in [7, 11) is 0. The fourth-order valence-corrected chi connectivity index (χ4v) is 2.26. The molecule has 0 radical (unpaired) electrons. The van der Waals surface area contributed by atoms with Gasteiger partial charge in [-0.1, -0.05) is 27.6 Å². The Hall–Kier alpha value is -1.00. The molecule has 0 aliphatic carbocycles. The molecule has 15 heavy (non-hydrogen) atoms. The molecule has 0 bridgehead atoms. The van der Waals surface area contributed by atoms with Gasteiger partial charge in [0.15, 0.2) is 0 Å². The normalized spacial score (nSPS) is 10.3. The summed E-state index contributed by atoms with van der Waals surface area (Å²) in [6.45, 7) is 1.97. The highest BCUT2D eigenvalue weighted by molar-refractivity contribution is 9.10. The fourth-order valence-electron chi connectivity index (χ4n) is 1.28. The van der Waals surface area contributed by atoms with Crippen LogP contribution in [0.5, 0.6) is 0 Å². The third-order valence-electron chi connectivity index (χ3n) is 2.03. The average molecular weight is 282 g/mol. The van der Waals surface area contributed by atoms with Crippen LogP contribution in [0, 0.1) is 6.92 Å². The Kier molecular flexibility index (Phi) is 2.98. The Balaban J connectivity index is 2.46. The molecular weight excluding hydrogens is 274 g/mol. The van der Waals surface area contributed by atoms with Gasteiger partial charge in [0, 0.05) is 16.2 Å². The van der Waals surface area contributed by atoms with Crippen molar-refractivity contribution in [3.05, 3.63) is 50.9 Å². The molecule has 0 aliphatic rings. The first-order valence-corrected chi connectivity index (χ1v) is 5.96. The van der Waals surface area contributed by atoms with Crippen LogP contribution in [0.15, 0.2) is 34.9 Å². The minimum atomic E-state index is 0.0214. The second-order valence-corrected chi connectivity index (χ2v) is 4.88. The van der Waals surface area contributed by atoms with Crippen LogP contribution in [0.4, 0.5) is 0 Å². The number of halogens is 1. The molecule has 0 N–H and O–H groups in total. The molecule has 1 aromatic carbocycles. The maximum absolute atomic E-state index is 12.0. The lowest BCUT2D eigenvalue weighted by Gasteiger charge is -2.02. The number of hydrogen-bond donors (Lipinski definition) is 0. The van der Waals surface area contributed by atoms with Crippen molar-refractivity contribution in [2.75, 3.05) is 0 Å². The predicted molar refractivity (Wildman–Crippen MR) is 64.4 cm³/mol. The van der Waals surface area contributed by atoms with Crippen LogP contribution in [0.3, 0.4) is 0 Å². The largest absolute Gasteiger partial charge is 0.288 e. The first-order valence-electron chi connectivity index (χ1n) is 4.40. The fraction of sp³-hybridized carbons (Fsp3) is 0.0909. The Morgan fingerprint density at radius 1 is 1.40 bits per heavy atom. The molecule has 2 nitrogen and oxygen atoms in total. The zero-order valence-electron chi connectivity index (χ0n) is 8.03. The van der Waals surface area contributed by atoms with E-state index in [9.17, 15) is 4.79 Å². The summed E-state index contributed by atoms with van der Waals surface area (Å²) < 4.78 is 4.75. The summed E-state index contributed by atoms with van der Waals surface area (Å²) in [5.74, 6) is 0.0214. The maximum atomic E-state index is 12.0. The first kappa shape index (κ1) is 10.5. The van der Waals surface area contributed by atoms with E-state index in [1.807, 2.05) is 25.1 Å². The van der Waals surface area contributed by atoms with Crippen molar-refractivity contribution in [1.29, 1.82) is 0 Å². The predicted octanol–water partition coefficient (Wildman–Crippen LogP) is 3.45. The Bertz CT molecular complexity index is 493. The smallest absolute Gasteiger partial charge is 0.205 e. The number of nitrogens with zero attached hydrogens (tertiary/aromatic N) is 1. The quantitative estimate of drug-likeness (QED) is 0.790. The standard InChI is InChI=1S/C11H8BrNOS/c1-7-2-3-9(12)8(6-7)11(14)10-4-5-13-15-10/h2-6H,1H3. The van der Waals surface area contributed by atoms with Gasteiger partial charge >= 0.3 is 0 Å². The number of ketones is 1. The van der Waals surface area contributed by atoms with Crippen molar-refractivity contribution >= 4 is 33.2 Å². The first-order chi connectivity index (χ1) is 7.18. The third-order valence-corrected chi connectivity index (χ3v) is 3.46.